The molecule has 3 amide bonds. The van der Waals surface area contributed by atoms with E-state index in [4.69, 9.17) is 0 Å². The molecular formula is C17H27N5O2. The second-order valence-corrected chi connectivity index (χ2v) is 6.92. The number of hydrogen-bond acceptors (Lipinski definition) is 3. The van der Waals surface area contributed by atoms with Gasteiger partial charge in [-0.05, 0) is 25.7 Å². The Bertz CT molecular complexity index is 571. The van der Waals surface area contributed by atoms with E-state index in [0.717, 1.165) is 25.7 Å². The number of hydrogen-bond donors (Lipinski definition) is 2. The zero-order valence-corrected chi connectivity index (χ0v) is 14.3. The highest BCUT2D eigenvalue weighted by atomic mass is 16.2. The Balaban J connectivity index is 1.41. The summed E-state index contributed by atoms with van der Waals surface area (Å²) in [5.74, 6) is -0.0896. The van der Waals surface area contributed by atoms with E-state index in [2.05, 4.69) is 15.7 Å². The van der Waals surface area contributed by atoms with Gasteiger partial charge in [-0.25, -0.2) is 4.79 Å². The molecule has 0 radical (unpaired) electrons. The van der Waals surface area contributed by atoms with Gasteiger partial charge in [0.05, 0.1) is 11.8 Å². The number of carbonyl (C=O) groups excluding carboxylic acids is 2. The number of urea groups is 1. The van der Waals surface area contributed by atoms with Gasteiger partial charge in [-0.1, -0.05) is 19.3 Å². The molecule has 7 heteroatoms. The smallest absolute Gasteiger partial charge is 0.317 e. The Morgan fingerprint density at radius 2 is 1.71 bits per heavy atom. The number of rotatable bonds is 3. The van der Waals surface area contributed by atoms with E-state index in [1.54, 1.807) is 24.1 Å². The SMILES string of the molecule is Cn1cc(C(=O)NC2CCN(C(=O)NC3CCCCC3)CC2)cn1. The zero-order valence-electron chi connectivity index (χ0n) is 14.3. The minimum atomic E-state index is -0.0896. The van der Waals surface area contributed by atoms with Gasteiger partial charge in [0.1, 0.15) is 0 Å². The van der Waals surface area contributed by atoms with Gasteiger partial charge in [0.2, 0.25) is 0 Å². The largest absolute Gasteiger partial charge is 0.349 e. The number of amides is 3. The Morgan fingerprint density at radius 3 is 2.33 bits per heavy atom. The van der Waals surface area contributed by atoms with E-state index in [-0.39, 0.29) is 18.0 Å². The lowest BCUT2D eigenvalue weighted by Crippen LogP contribution is -2.51. The van der Waals surface area contributed by atoms with Gasteiger partial charge in [-0.3, -0.25) is 9.48 Å². The summed E-state index contributed by atoms with van der Waals surface area (Å²) in [7, 11) is 1.79. The number of carbonyl (C=O) groups is 2. The topological polar surface area (TPSA) is 79.3 Å². The van der Waals surface area contributed by atoms with Crippen LogP contribution < -0.4 is 10.6 Å². The van der Waals surface area contributed by atoms with Crippen LogP contribution in [0.25, 0.3) is 0 Å². The highest BCUT2D eigenvalue weighted by Crippen LogP contribution is 2.18. The number of piperidine rings is 1. The molecule has 3 rings (SSSR count). The molecule has 0 aromatic carbocycles. The first kappa shape index (κ1) is 16.8. The molecule has 1 aromatic rings. The van der Waals surface area contributed by atoms with Crippen molar-refractivity contribution < 1.29 is 9.59 Å². The van der Waals surface area contributed by atoms with Crippen molar-refractivity contribution in [2.24, 2.45) is 7.05 Å². The third-order valence-corrected chi connectivity index (χ3v) is 5.02. The number of nitrogens with zero attached hydrogens (tertiary/aromatic N) is 3. The minimum absolute atomic E-state index is 0.0546. The average molecular weight is 333 g/mol. The van der Waals surface area contributed by atoms with E-state index in [1.807, 2.05) is 4.90 Å². The minimum Gasteiger partial charge on any atom is -0.349 e. The first-order valence-corrected chi connectivity index (χ1v) is 8.97. The van der Waals surface area contributed by atoms with E-state index >= 15 is 0 Å². The molecule has 1 aliphatic carbocycles. The van der Waals surface area contributed by atoms with Gasteiger partial charge in [0.25, 0.3) is 5.91 Å². The van der Waals surface area contributed by atoms with Gasteiger partial charge in [-0.15, -0.1) is 0 Å². The predicted molar refractivity (Wildman–Crippen MR) is 90.7 cm³/mol. The Hall–Kier alpha value is -2.05. The van der Waals surface area contributed by atoms with Crippen molar-refractivity contribution in [1.29, 1.82) is 0 Å². The third-order valence-electron chi connectivity index (χ3n) is 5.02. The van der Waals surface area contributed by atoms with E-state index in [0.29, 0.717) is 24.7 Å². The van der Waals surface area contributed by atoms with Gasteiger partial charge >= 0.3 is 6.03 Å². The summed E-state index contributed by atoms with van der Waals surface area (Å²) < 4.78 is 1.62. The fourth-order valence-electron chi connectivity index (χ4n) is 3.55. The molecular weight excluding hydrogens is 306 g/mol. The molecule has 1 aromatic heterocycles. The summed E-state index contributed by atoms with van der Waals surface area (Å²) in [4.78, 5) is 26.4. The summed E-state index contributed by atoms with van der Waals surface area (Å²) in [6.45, 7) is 1.38. The number of likely N-dealkylation sites (tertiary alicyclic amines) is 1. The predicted octanol–water partition coefficient (Wildman–Crippen LogP) is 1.66. The van der Waals surface area contributed by atoms with Crippen LogP contribution in [-0.2, 0) is 7.05 Å². The summed E-state index contributed by atoms with van der Waals surface area (Å²) in [5, 5.41) is 10.2. The standard InChI is InChI=1S/C17H27N5O2/c1-21-12-13(11-18-21)16(23)19-15-7-9-22(10-8-15)17(24)20-14-5-3-2-4-6-14/h11-12,14-15H,2-10H2,1H3,(H,19,23)(H,20,24). The summed E-state index contributed by atoms with van der Waals surface area (Å²) in [6, 6.07) is 0.518. The molecule has 2 fully saturated rings. The van der Waals surface area contributed by atoms with Crippen molar-refractivity contribution in [2.45, 2.75) is 57.0 Å². The molecule has 7 nitrogen and oxygen atoms in total. The highest BCUT2D eigenvalue weighted by Gasteiger charge is 2.26. The van der Waals surface area contributed by atoms with Crippen LogP contribution in [0.3, 0.4) is 0 Å². The normalized spacial score (nSPS) is 20.0. The maximum absolute atomic E-state index is 12.3. The van der Waals surface area contributed by atoms with Crippen molar-refractivity contribution in [3.05, 3.63) is 18.0 Å². The van der Waals surface area contributed by atoms with Crippen molar-refractivity contribution in [1.82, 2.24) is 25.3 Å². The molecule has 24 heavy (non-hydrogen) atoms. The summed E-state index contributed by atoms with van der Waals surface area (Å²) in [5.41, 5.74) is 0.579. The molecule has 2 N–H and O–H groups in total. The number of nitrogens with one attached hydrogen (secondary N) is 2. The number of aryl methyl sites for hydroxylation is 1. The molecule has 1 aliphatic heterocycles. The third kappa shape index (κ3) is 4.27. The lowest BCUT2D eigenvalue weighted by Gasteiger charge is -2.34. The summed E-state index contributed by atoms with van der Waals surface area (Å²) in [6.07, 6.45) is 10.8. The quantitative estimate of drug-likeness (QED) is 0.883. The molecule has 2 aliphatic rings. The molecule has 0 spiro atoms. The lowest BCUT2D eigenvalue weighted by molar-refractivity contribution is 0.0917. The van der Waals surface area contributed by atoms with Crippen molar-refractivity contribution in [2.75, 3.05) is 13.1 Å². The van der Waals surface area contributed by atoms with Crippen LogP contribution in [0.1, 0.15) is 55.3 Å². The van der Waals surface area contributed by atoms with E-state index < -0.39 is 0 Å². The molecule has 2 heterocycles. The Morgan fingerprint density at radius 1 is 1.04 bits per heavy atom. The second-order valence-electron chi connectivity index (χ2n) is 6.92. The Kier molecular flexibility index (Phi) is 5.37. The van der Waals surface area contributed by atoms with E-state index in [9.17, 15) is 9.59 Å². The fraction of sp³-hybridized carbons (Fsp3) is 0.706. The van der Waals surface area contributed by atoms with Crippen LogP contribution in [0.5, 0.6) is 0 Å². The highest BCUT2D eigenvalue weighted by molar-refractivity contribution is 5.93. The van der Waals surface area contributed by atoms with Gasteiger partial charge < -0.3 is 15.5 Å². The van der Waals surface area contributed by atoms with Crippen LogP contribution in [0.4, 0.5) is 4.79 Å². The maximum atomic E-state index is 12.3. The molecule has 0 atom stereocenters. The van der Waals surface area contributed by atoms with Crippen LogP contribution in [0, 0.1) is 0 Å². The average Bonchev–Trinajstić information content (AvgIpc) is 3.03. The maximum Gasteiger partial charge on any atom is 0.317 e. The fourth-order valence-corrected chi connectivity index (χ4v) is 3.55. The lowest BCUT2D eigenvalue weighted by atomic mass is 9.95. The van der Waals surface area contributed by atoms with Gasteiger partial charge in [0, 0.05) is 38.4 Å². The first-order valence-electron chi connectivity index (χ1n) is 8.97. The Labute approximate surface area is 142 Å². The van der Waals surface area contributed by atoms with Crippen molar-refractivity contribution in [3.63, 3.8) is 0 Å². The monoisotopic (exact) mass is 333 g/mol. The first-order chi connectivity index (χ1) is 11.6. The molecule has 132 valence electrons. The van der Waals surface area contributed by atoms with E-state index in [1.165, 1.54) is 19.3 Å². The van der Waals surface area contributed by atoms with Crippen LogP contribution in [0.2, 0.25) is 0 Å². The molecule has 0 unspecified atom stereocenters. The van der Waals surface area contributed by atoms with Gasteiger partial charge in [-0.2, -0.15) is 5.10 Å². The van der Waals surface area contributed by atoms with Crippen LogP contribution in [0.15, 0.2) is 12.4 Å². The molecule has 1 saturated heterocycles. The molecule has 1 saturated carbocycles. The van der Waals surface area contributed by atoms with Crippen LogP contribution in [-0.4, -0.2) is 51.8 Å². The van der Waals surface area contributed by atoms with Crippen molar-refractivity contribution in [3.8, 4) is 0 Å². The summed E-state index contributed by atoms with van der Waals surface area (Å²) >= 11 is 0. The van der Waals surface area contributed by atoms with Crippen LogP contribution >= 0.6 is 0 Å². The zero-order chi connectivity index (χ0) is 16.9. The van der Waals surface area contributed by atoms with Gasteiger partial charge in [0.15, 0.2) is 0 Å². The number of aromatic nitrogens is 2. The second kappa shape index (κ2) is 7.68. The van der Waals surface area contributed by atoms with Crippen molar-refractivity contribution >= 4 is 11.9 Å². The molecule has 0 bridgehead atoms.